The summed E-state index contributed by atoms with van der Waals surface area (Å²) in [5.74, 6) is 2.52. The smallest absolute Gasteiger partial charge is 0.250 e. The van der Waals surface area contributed by atoms with Crippen molar-refractivity contribution in [1.29, 1.82) is 0 Å². The Kier molecular flexibility index (Phi) is 4.16. The molecular formula is C17H19N7O. The maximum absolute atomic E-state index is 5.03. The predicted molar refractivity (Wildman–Crippen MR) is 95.2 cm³/mol. The van der Waals surface area contributed by atoms with Crippen molar-refractivity contribution in [1.82, 2.24) is 20.3 Å². The predicted octanol–water partition coefficient (Wildman–Crippen LogP) is 2.24. The Balaban J connectivity index is 1.42. The van der Waals surface area contributed by atoms with Crippen LogP contribution in [0.1, 0.15) is 5.76 Å². The second-order valence-electron chi connectivity index (χ2n) is 5.90. The molecule has 0 spiro atoms. The SMILES string of the molecule is Cc1cc(Nc2nncc(N3CCN(c4ccccc4)CC3)n2)no1. The summed E-state index contributed by atoms with van der Waals surface area (Å²) in [5.41, 5.74) is 1.26. The van der Waals surface area contributed by atoms with E-state index in [0.29, 0.717) is 11.8 Å². The Bertz CT molecular complexity index is 828. The van der Waals surface area contributed by atoms with Crippen LogP contribution in [0, 0.1) is 6.92 Å². The second-order valence-corrected chi connectivity index (χ2v) is 5.90. The van der Waals surface area contributed by atoms with Crippen LogP contribution < -0.4 is 15.1 Å². The molecule has 0 amide bonds. The first-order valence-corrected chi connectivity index (χ1v) is 8.23. The van der Waals surface area contributed by atoms with Gasteiger partial charge in [0, 0.05) is 37.9 Å². The Morgan fingerprint density at radius 2 is 1.80 bits per heavy atom. The van der Waals surface area contributed by atoms with Gasteiger partial charge in [0.15, 0.2) is 11.6 Å². The van der Waals surface area contributed by atoms with Gasteiger partial charge in [-0.25, -0.2) is 0 Å². The molecule has 4 rings (SSSR count). The van der Waals surface area contributed by atoms with Crippen molar-refractivity contribution in [3.05, 3.63) is 48.4 Å². The normalized spacial score (nSPS) is 14.6. The van der Waals surface area contributed by atoms with Crippen LogP contribution in [-0.4, -0.2) is 46.5 Å². The van der Waals surface area contributed by atoms with Crippen molar-refractivity contribution in [2.75, 3.05) is 41.3 Å². The van der Waals surface area contributed by atoms with E-state index < -0.39 is 0 Å². The topological polar surface area (TPSA) is 83.2 Å². The summed E-state index contributed by atoms with van der Waals surface area (Å²) in [6.07, 6.45) is 1.69. The fraction of sp³-hybridized carbons (Fsp3) is 0.294. The van der Waals surface area contributed by atoms with E-state index in [4.69, 9.17) is 4.52 Å². The van der Waals surface area contributed by atoms with Crippen LogP contribution in [0.3, 0.4) is 0 Å². The van der Waals surface area contributed by atoms with Gasteiger partial charge in [-0.05, 0) is 19.1 Å². The average molecular weight is 337 g/mol. The minimum absolute atomic E-state index is 0.413. The minimum atomic E-state index is 0.413. The number of nitrogens with one attached hydrogen (secondary N) is 1. The summed E-state index contributed by atoms with van der Waals surface area (Å²) >= 11 is 0. The third kappa shape index (κ3) is 3.52. The molecule has 8 nitrogen and oxygen atoms in total. The third-order valence-electron chi connectivity index (χ3n) is 4.14. The van der Waals surface area contributed by atoms with Crippen LogP contribution >= 0.6 is 0 Å². The molecule has 3 aromatic rings. The van der Waals surface area contributed by atoms with Gasteiger partial charge in [-0.1, -0.05) is 23.4 Å². The monoisotopic (exact) mass is 337 g/mol. The standard InChI is InChI=1S/C17H19N7O/c1-13-11-15(22-25-13)19-17-20-16(12-18-21-17)24-9-7-23(8-10-24)14-5-3-2-4-6-14/h2-6,11-12H,7-10H2,1H3,(H,19,20,21,22). The molecule has 1 aliphatic rings. The highest BCUT2D eigenvalue weighted by atomic mass is 16.5. The molecule has 3 heterocycles. The van der Waals surface area contributed by atoms with Gasteiger partial charge in [0.05, 0.1) is 6.20 Å². The van der Waals surface area contributed by atoms with Crippen molar-refractivity contribution in [2.45, 2.75) is 6.92 Å². The first kappa shape index (κ1) is 15.4. The summed E-state index contributed by atoms with van der Waals surface area (Å²) in [6, 6.07) is 12.2. The van der Waals surface area contributed by atoms with Crippen LogP contribution in [0.4, 0.5) is 23.3 Å². The van der Waals surface area contributed by atoms with Gasteiger partial charge in [0.1, 0.15) is 5.76 Å². The number of hydrogen-bond acceptors (Lipinski definition) is 8. The zero-order chi connectivity index (χ0) is 17.1. The van der Waals surface area contributed by atoms with Gasteiger partial charge in [0.25, 0.3) is 0 Å². The third-order valence-corrected chi connectivity index (χ3v) is 4.14. The van der Waals surface area contributed by atoms with Gasteiger partial charge in [-0.15, -0.1) is 5.10 Å². The lowest BCUT2D eigenvalue weighted by atomic mass is 10.2. The molecule has 25 heavy (non-hydrogen) atoms. The molecule has 1 aromatic carbocycles. The number of aromatic nitrogens is 4. The minimum Gasteiger partial charge on any atom is -0.368 e. The molecule has 1 aliphatic heterocycles. The fourth-order valence-corrected chi connectivity index (χ4v) is 2.87. The molecule has 0 atom stereocenters. The molecular weight excluding hydrogens is 318 g/mol. The molecule has 0 aliphatic carbocycles. The number of para-hydroxylation sites is 1. The highest BCUT2D eigenvalue weighted by Crippen LogP contribution is 2.19. The number of benzene rings is 1. The Morgan fingerprint density at radius 3 is 2.52 bits per heavy atom. The Hall–Kier alpha value is -3.16. The quantitative estimate of drug-likeness (QED) is 0.776. The van der Waals surface area contributed by atoms with Gasteiger partial charge in [-0.2, -0.15) is 10.1 Å². The summed E-state index contributed by atoms with van der Waals surface area (Å²) in [6.45, 7) is 5.49. The van der Waals surface area contributed by atoms with Crippen LogP contribution in [0.2, 0.25) is 0 Å². The molecule has 0 bridgehead atoms. The first-order chi connectivity index (χ1) is 12.3. The van der Waals surface area contributed by atoms with Crippen molar-refractivity contribution < 1.29 is 4.52 Å². The van der Waals surface area contributed by atoms with E-state index >= 15 is 0 Å². The second kappa shape index (κ2) is 6.76. The highest BCUT2D eigenvalue weighted by molar-refractivity contribution is 5.51. The molecule has 1 saturated heterocycles. The first-order valence-electron chi connectivity index (χ1n) is 8.23. The lowest BCUT2D eigenvalue weighted by Gasteiger charge is -2.36. The summed E-state index contributed by atoms with van der Waals surface area (Å²) in [4.78, 5) is 9.13. The molecule has 0 saturated carbocycles. The van der Waals surface area contributed by atoms with Gasteiger partial charge < -0.3 is 19.6 Å². The molecule has 128 valence electrons. The van der Waals surface area contributed by atoms with E-state index in [2.05, 4.69) is 59.7 Å². The van der Waals surface area contributed by atoms with E-state index in [0.717, 1.165) is 37.8 Å². The van der Waals surface area contributed by atoms with Crippen molar-refractivity contribution in [3.8, 4) is 0 Å². The lowest BCUT2D eigenvalue weighted by molar-refractivity contribution is 0.400. The number of nitrogens with zero attached hydrogens (tertiary/aromatic N) is 6. The van der Waals surface area contributed by atoms with Crippen LogP contribution in [-0.2, 0) is 0 Å². The van der Waals surface area contributed by atoms with Crippen LogP contribution in [0.5, 0.6) is 0 Å². The van der Waals surface area contributed by atoms with E-state index in [1.54, 1.807) is 12.3 Å². The van der Waals surface area contributed by atoms with Gasteiger partial charge in [-0.3, -0.25) is 0 Å². The zero-order valence-corrected chi connectivity index (χ0v) is 14.0. The van der Waals surface area contributed by atoms with Crippen molar-refractivity contribution >= 4 is 23.3 Å². The fourth-order valence-electron chi connectivity index (χ4n) is 2.87. The van der Waals surface area contributed by atoms with Crippen molar-refractivity contribution in [2.24, 2.45) is 0 Å². The summed E-state index contributed by atoms with van der Waals surface area (Å²) in [5, 5.41) is 15.0. The maximum atomic E-state index is 5.03. The number of piperazine rings is 1. The van der Waals surface area contributed by atoms with Crippen LogP contribution in [0.25, 0.3) is 0 Å². The molecule has 0 radical (unpaired) electrons. The maximum Gasteiger partial charge on any atom is 0.250 e. The highest BCUT2D eigenvalue weighted by Gasteiger charge is 2.19. The summed E-state index contributed by atoms with van der Waals surface area (Å²) < 4.78 is 5.03. The number of hydrogen-bond donors (Lipinski definition) is 1. The lowest BCUT2D eigenvalue weighted by Crippen LogP contribution is -2.46. The molecule has 2 aromatic heterocycles. The molecule has 0 unspecified atom stereocenters. The molecule has 1 N–H and O–H groups in total. The molecule has 8 heteroatoms. The average Bonchev–Trinajstić information content (AvgIpc) is 3.07. The van der Waals surface area contributed by atoms with Gasteiger partial charge >= 0.3 is 0 Å². The Labute approximate surface area is 145 Å². The summed E-state index contributed by atoms with van der Waals surface area (Å²) in [7, 11) is 0. The molecule has 1 fully saturated rings. The van der Waals surface area contributed by atoms with E-state index in [1.807, 2.05) is 13.0 Å². The zero-order valence-electron chi connectivity index (χ0n) is 14.0. The van der Waals surface area contributed by atoms with Crippen molar-refractivity contribution in [3.63, 3.8) is 0 Å². The van der Waals surface area contributed by atoms with E-state index in [9.17, 15) is 0 Å². The largest absolute Gasteiger partial charge is 0.368 e. The Morgan fingerprint density at radius 1 is 1.04 bits per heavy atom. The van der Waals surface area contributed by atoms with Crippen LogP contribution in [0.15, 0.2) is 47.1 Å². The number of rotatable bonds is 4. The van der Waals surface area contributed by atoms with Gasteiger partial charge in [0.2, 0.25) is 5.95 Å². The van der Waals surface area contributed by atoms with E-state index in [-0.39, 0.29) is 0 Å². The van der Waals surface area contributed by atoms with E-state index in [1.165, 1.54) is 5.69 Å². The number of anilines is 4. The number of aryl methyl sites for hydroxylation is 1.